The van der Waals surface area contributed by atoms with Crippen molar-refractivity contribution in [2.45, 2.75) is 38.7 Å². The summed E-state index contributed by atoms with van der Waals surface area (Å²) in [5.74, 6) is 1.18. The lowest BCUT2D eigenvalue weighted by atomic mass is 9.78. The number of rotatable bonds is 2. The summed E-state index contributed by atoms with van der Waals surface area (Å²) >= 11 is 0. The third kappa shape index (κ3) is 2.17. The second kappa shape index (κ2) is 4.07. The van der Waals surface area contributed by atoms with Crippen molar-refractivity contribution in [2.75, 3.05) is 6.54 Å². The molecule has 0 heterocycles. The molecule has 0 saturated heterocycles. The van der Waals surface area contributed by atoms with Crippen LogP contribution in [0.5, 0.6) is 0 Å². The molecule has 0 aromatic carbocycles. The van der Waals surface area contributed by atoms with Crippen molar-refractivity contribution in [3.05, 3.63) is 0 Å². The zero-order valence-electron chi connectivity index (χ0n) is 7.29. The van der Waals surface area contributed by atoms with Crippen molar-refractivity contribution >= 4 is 0 Å². The summed E-state index contributed by atoms with van der Waals surface area (Å²) in [5, 5.41) is 9.54. The maximum atomic E-state index is 9.54. The Bertz CT molecular complexity index is 116. The Morgan fingerprint density at radius 2 is 2.18 bits per heavy atom. The maximum Gasteiger partial charge on any atom is 0.0568 e. The van der Waals surface area contributed by atoms with Gasteiger partial charge in [-0.2, -0.15) is 0 Å². The molecule has 1 aliphatic carbocycles. The zero-order chi connectivity index (χ0) is 8.27. The molecule has 0 bridgehead atoms. The number of hydrogen-bond donors (Lipinski definition) is 2. The van der Waals surface area contributed by atoms with Crippen LogP contribution >= 0.6 is 0 Å². The van der Waals surface area contributed by atoms with Gasteiger partial charge in [-0.3, -0.25) is 0 Å². The van der Waals surface area contributed by atoms with Gasteiger partial charge in [-0.25, -0.2) is 0 Å². The molecule has 3 unspecified atom stereocenters. The van der Waals surface area contributed by atoms with Crippen LogP contribution in [0.1, 0.15) is 32.6 Å². The normalized spacial score (nSPS) is 39.0. The molecule has 2 nitrogen and oxygen atoms in total. The Hall–Kier alpha value is -0.0800. The van der Waals surface area contributed by atoms with Gasteiger partial charge in [0, 0.05) is 0 Å². The van der Waals surface area contributed by atoms with Crippen molar-refractivity contribution in [3.8, 4) is 0 Å². The molecule has 66 valence electrons. The van der Waals surface area contributed by atoms with Crippen LogP contribution in [0.2, 0.25) is 0 Å². The lowest BCUT2D eigenvalue weighted by Gasteiger charge is -2.31. The molecule has 1 aliphatic rings. The zero-order valence-corrected chi connectivity index (χ0v) is 7.29. The van der Waals surface area contributed by atoms with E-state index in [0.29, 0.717) is 11.8 Å². The van der Waals surface area contributed by atoms with E-state index in [-0.39, 0.29) is 6.10 Å². The Morgan fingerprint density at radius 1 is 1.45 bits per heavy atom. The van der Waals surface area contributed by atoms with Crippen LogP contribution in [-0.4, -0.2) is 17.8 Å². The van der Waals surface area contributed by atoms with Crippen molar-refractivity contribution in [1.29, 1.82) is 0 Å². The monoisotopic (exact) mass is 157 g/mol. The van der Waals surface area contributed by atoms with Gasteiger partial charge < -0.3 is 10.8 Å². The van der Waals surface area contributed by atoms with E-state index in [1.54, 1.807) is 0 Å². The molecule has 3 N–H and O–H groups in total. The predicted molar refractivity (Wildman–Crippen MR) is 46.2 cm³/mol. The average molecular weight is 157 g/mol. The molecule has 1 fully saturated rings. The SMILES string of the molecule is CCC1CC(CN)CCC1O. The molecule has 0 aromatic rings. The largest absolute Gasteiger partial charge is 0.393 e. The molecular weight excluding hydrogens is 138 g/mol. The van der Waals surface area contributed by atoms with E-state index in [1.165, 1.54) is 0 Å². The number of aliphatic hydroxyl groups excluding tert-OH is 1. The fraction of sp³-hybridized carbons (Fsp3) is 1.00. The Kier molecular flexibility index (Phi) is 3.34. The standard InChI is InChI=1S/C9H19NO/c1-2-8-5-7(6-10)3-4-9(8)11/h7-9,11H,2-6,10H2,1H3. The van der Waals surface area contributed by atoms with Gasteiger partial charge in [0.05, 0.1) is 6.10 Å². The molecule has 0 spiro atoms. The Balaban J connectivity index is 2.37. The van der Waals surface area contributed by atoms with Crippen LogP contribution in [0.4, 0.5) is 0 Å². The number of hydrogen-bond acceptors (Lipinski definition) is 2. The van der Waals surface area contributed by atoms with Gasteiger partial charge in [0.15, 0.2) is 0 Å². The van der Waals surface area contributed by atoms with Gasteiger partial charge in [0.2, 0.25) is 0 Å². The first-order chi connectivity index (χ1) is 5.27. The van der Waals surface area contributed by atoms with E-state index < -0.39 is 0 Å². The second-order valence-electron chi connectivity index (χ2n) is 3.65. The summed E-state index contributed by atoms with van der Waals surface area (Å²) in [6.45, 7) is 2.94. The summed E-state index contributed by atoms with van der Waals surface area (Å²) in [7, 11) is 0. The molecule has 11 heavy (non-hydrogen) atoms. The van der Waals surface area contributed by atoms with Crippen molar-refractivity contribution in [3.63, 3.8) is 0 Å². The van der Waals surface area contributed by atoms with Gasteiger partial charge in [0.25, 0.3) is 0 Å². The second-order valence-corrected chi connectivity index (χ2v) is 3.65. The molecule has 1 rings (SSSR count). The van der Waals surface area contributed by atoms with Crippen molar-refractivity contribution < 1.29 is 5.11 Å². The fourth-order valence-corrected chi connectivity index (χ4v) is 2.00. The summed E-state index contributed by atoms with van der Waals surface area (Å²) < 4.78 is 0. The molecule has 2 heteroatoms. The smallest absolute Gasteiger partial charge is 0.0568 e. The van der Waals surface area contributed by atoms with Crippen LogP contribution in [-0.2, 0) is 0 Å². The van der Waals surface area contributed by atoms with E-state index in [2.05, 4.69) is 6.92 Å². The highest BCUT2D eigenvalue weighted by Crippen LogP contribution is 2.30. The summed E-state index contributed by atoms with van der Waals surface area (Å²) in [5.41, 5.74) is 5.58. The minimum absolute atomic E-state index is 0.0530. The van der Waals surface area contributed by atoms with Crippen molar-refractivity contribution in [1.82, 2.24) is 0 Å². The van der Waals surface area contributed by atoms with Gasteiger partial charge in [-0.1, -0.05) is 13.3 Å². The van der Waals surface area contributed by atoms with E-state index in [0.717, 1.165) is 32.2 Å². The minimum atomic E-state index is -0.0530. The molecule has 0 aliphatic heterocycles. The van der Waals surface area contributed by atoms with Gasteiger partial charge >= 0.3 is 0 Å². The van der Waals surface area contributed by atoms with E-state index in [1.807, 2.05) is 0 Å². The van der Waals surface area contributed by atoms with Crippen LogP contribution in [0, 0.1) is 11.8 Å². The first-order valence-corrected chi connectivity index (χ1v) is 4.66. The highest BCUT2D eigenvalue weighted by molar-refractivity contribution is 4.79. The number of nitrogens with two attached hydrogens (primary N) is 1. The van der Waals surface area contributed by atoms with Crippen LogP contribution in [0.25, 0.3) is 0 Å². The maximum absolute atomic E-state index is 9.54. The van der Waals surface area contributed by atoms with E-state index in [4.69, 9.17) is 5.73 Å². The predicted octanol–water partition coefficient (Wildman–Crippen LogP) is 1.13. The average Bonchev–Trinajstić information content (AvgIpc) is 2.05. The van der Waals surface area contributed by atoms with Crippen molar-refractivity contribution in [2.24, 2.45) is 17.6 Å². The van der Waals surface area contributed by atoms with E-state index in [9.17, 15) is 5.11 Å². The first kappa shape index (κ1) is 9.01. The van der Waals surface area contributed by atoms with Gasteiger partial charge in [-0.15, -0.1) is 0 Å². The summed E-state index contributed by atoms with van der Waals surface area (Å²) in [4.78, 5) is 0. The lowest BCUT2D eigenvalue weighted by molar-refractivity contribution is 0.0480. The molecular formula is C9H19NO. The summed E-state index contributed by atoms with van der Waals surface area (Å²) in [6.07, 6.45) is 4.25. The summed E-state index contributed by atoms with van der Waals surface area (Å²) in [6, 6.07) is 0. The van der Waals surface area contributed by atoms with Crippen LogP contribution in [0.15, 0.2) is 0 Å². The Morgan fingerprint density at radius 3 is 2.73 bits per heavy atom. The molecule has 3 atom stereocenters. The Labute approximate surface area is 68.8 Å². The minimum Gasteiger partial charge on any atom is -0.393 e. The quantitative estimate of drug-likeness (QED) is 0.631. The van der Waals surface area contributed by atoms with Gasteiger partial charge in [0.1, 0.15) is 0 Å². The highest BCUT2D eigenvalue weighted by Gasteiger charge is 2.26. The van der Waals surface area contributed by atoms with Crippen LogP contribution < -0.4 is 5.73 Å². The highest BCUT2D eigenvalue weighted by atomic mass is 16.3. The molecule has 0 radical (unpaired) electrons. The van der Waals surface area contributed by atoms with Crippen LogP contribution in [0.3, 0.4) is 0 Å². The van der Waals surface area contributed by atoms with E-state index >= 15 is 0 Å². The third-order valence-corrected chi connectivity index (χ3v) is 2.91. The third-order valence-electron chi connectivity index (χ3n) is 2.91. The topological polar surface area (TPSA) is 46.2 Å². The first-order valence-electron chi connectivity index (χ1n) is 4.66. The molecule has 0 amide bonds. The number of aliphatic hydroxyl groups is 1. The molecule has 1 saturated carbocycles. The fourth-order valence-electron chi connectivity index (χ4n) is 2.00. The molecule has 0 aromatic heterocycles. The lowest BCUT2D eigenvalue weighted by Crippen LogP contribution is -2.31. The van der Waals surface area contributed by atoms with Gasteiger partial charge in [-0.05, 0) is 37.6 Å².